The van der Waals surface area contributed by atoms with Crippen LogP contribution < -0.4 is 15.4 Å². The molecule has 2 N–H and O–H groups in total. The van der Waals surface area contributed by atoms with Gasteiger partial charge in [0.05, 0.1) is 6.61 Å². The normalized spacial score (nSPS) is 15.7. The highest BCUT2D eigenvalue weighted by Gasteiger charge is 2.28. The molecule has 1 heterocycles. The number of nitrogens with one attached hydrogen (secondary N) is 2. The van der Waals surface area contributed by atoms with Crippen LogP contribution in [0.4, 0.5) is 4.79 Å². The first-order valence-corrected chi connectivity index (χ1v) is 6.81. The van der Waals surface area contributed by atoms with E-state index in [0.29, 0.717) is 24.9 Å². The summed E-state index contributed by atoms with van der Waals surface area (Å²) in [5.74, 6) is 1.25. The fourth-order valence-electron chi connectivity index (χ4n) is 1.94. The van der Waals surface area contributed by atoms with Gasteiger partial charge < -0.3 is 15.4 Å². The summed E-state index contributed by atoms with van der Waals surface area (Å²) in [6, 6.07) is 3.85. The fraction of sp³-hybridized carbons (Fsp3) is 0.571. The molecule has 0 saturated heterocycles. The number of carbonyl (C=O) groups is 1. The van der Waals surface area contributed by atoms with Gasteiger partial charge in [-0.2, -0.15) is 0 Å². The first-order chi connectivity index (χ1) is 9.19. The van der Waals surface area contributed by atoms with E-state index in [4.69, 9.17) is 4.74 Å². The van der Waals surface area contributed by atoms with Gasteiger partial charge in [-0.15, -0.1) is 0 Å². The van der Waals surface area contributed by atoms with Crippen LogP contribution >= 0.6 is 0 Å². The molecule has 0 aliphatic heterocycles. The van der Waals surface area contributed by atoms with Crippen molar-refractivity contribution >= 4 is 6.03 Å². The molecule has 2 amide bonds. The van der Waals surface area contributed by atoms with Gasteiger partial charge >= 0.3 is 6.03 Å². The molecular weight excluding hydrogens is 242 g/mol. The van der Waals surface area contributed by atoms with Crippen LogP contribution in [0.2, 0.25) is 0 Å². The number of carbonyl (C=O) groups excluding carboxylic acids is 1. The van der Waals surface area contributed by atoms with Gasteiger partial charge in [0.1, 0.15) is 0 Å². The van der Waals surface area contributed by atoms with Crippen molar-refractivity contribution in [2.45, 2.75) is 39.3 Å². The van der Waals surface area contributed by atoms with Gasteiger partial charge in [0.2, 0.25) is 5.88 Å². The fourth-order valence-corrected chi connectivity index (χ4v) is 1.94. The number of hydrogen-bond donors (Lipinski definition) is 2. The number of aromatic nitrogens is 1. The molecule has 2 rings (SSSR count). The Labute approximate surface area is 113 Å². The summed E-state index contributed by atoms with van der Waals surface area (Å²) in [4.78, 5) is 15.8. The van der Waals surface area contributed by atoms with Crippen molar-refractivity contribution in [3.05, 3.63) is 23.9 Å². The SMILES string of the molecule is CCOc1cc(CNC(=O)NC(C)C2CC2)ccn1. The number of amides is 2. The van der Waals surface area contributed by atoms with E-state index in [1.165, 1.54) is 12.8 Å². The lowest BCUT2D eigenvalue weighted by molar-refractivity contribution is 0.236. The quantitative estimate of drug-likeness (QED) is 0.826. The summed E-state index contributed by atoms with van der Waals surface area (Å²) in [6.45, 7) is 5.03. The Bertz CT molecular complexity index is 432. The standard InChI is InChI=1S/C14H21N3O2/c1-3-19-13-8-11(6-7-15-13)9-16-14(18)17-10(2)12-4-5-12/h6-8,10,12H,3-5,9H2,1-2H3,(H2,16,17,18). The molecule has 1 atom stereocenters. The minimum atomic E-state index is -0.117. The van der Waals surface area contributed by atoms with Crippen molar-refractivity contribution in [3.8, 4) is 5.88 Å². The first kappa shape index (κ1) is 13.6. The highest BCUT2D eigenvalue weighted by atomic mass is 16.5. The number of hydrogen-bond acceptors (Lipinski definition) is 3. The van der Waals surface area contributed by atoms with E-state index in [0.717, 1.165) is 5.56 Å². The van der Waals surface area contributed by atoms with Gasteiger partial charge in [0, 0.05) is 24.8 Å². The summed E-state index contributed by atoms with van der Waals surface area (Å²) in [5.41, 5.74) is 0.979. The molecule has 19 heavy (non-hydrogen) atoms. The molecule has 5 heteroatoms. The van der Waals surface area contributed by atoms with Gasteiger partial charge in [-0.1, -0.05) is 0 Å². The van der Waals surface area contributed by atoms with Crippen LogP contribution in [0.15, 0.2) is 18.3 Å². The molecular formula is C14H21N3O2. The molecule has 104 valence electrons. The maximum absolute atomic E-state index is 11.7. The zero-order valence-electron chi connectivity index (χ0n) is 11.5. The van der Waals surface area contributed by atoms with Crippen molar-refractivity contribution in [2.24, 2.45) is 5.92 Å². The number of urea groups is 1. The Morgan fingerprint density at radius 1 is 1.58 bits per heavy atom. The van der Waals surface area contributed by atoms with Crippen molar-refractivity contribution in [1.82, 2.24) is 15.6 Å². The number of ether oxygens (including phenoxy) is 1. The monoisotopic (exact) mass is 263 g/mol. The van der Waals surface area contributed by atoms with Crippen LogP contribution in [0.25, 0.3) is 0 Å². The lowest BCUT2D eigenvalue weighted by atomic mass is 10.2. The van der Waals surface area contributed by atoms with Gasteiger partial charge in [-0.25, -0.2) is 9.78 Å². The minimum Gasteiger partial charge on any atom is -0.478 e. The average molecular weight is 263 g/mol. The molecule has 1 fully saturated rings. The second-order valence-electron chi connectivity index (χ2n) is 4.89. The molecule has 0 aromatic carbocycles. The van der Waals surface area contributed by atoms with E-state index >= 15 is 0 Å². The van der Waals surface area contributed by atoms with Crippen molar-refractivity contribution in [2.75, 3.05) is 6.61 Å². The van der Waals surface area contributed by atoms with Crippen LogP contribution in [-0.4, -0.2) is 23.7 Å². The van der Waals surface area contributed by atoms with Crippen molar-refractivity contribution in [1.29, 1.82) is 0 Å². The topological polar surface area (TPSA) is 63.2 Å². The Morgan fingerprint density at radius 3 is 3.05 bits per heavy atom. The molecule has 0 spiro atoms. The predicted octanol–water partition coefficient (Wildman–Crippen LogP) is 2.08. The maximum atomic E-state index is 11.7. The highest BCUT2D eigenvalue weighted by molar-refractivity contribution is 5.74. The molecule has 1 aromatic rings. The van der Waals surface area contributed by atoms with E-state index in [9.17, 15) is 4.79 Å². The summed E-state index contributed by atoms with van der Waals surface area (Å²) in [6.07, 6.45) is 4.14. The highest BCUT2D eigenvalue weighted by Crippen LogP contribution is 2.32. The Hall–Kier alpha value is -1.78. The second-order valence-corrected chi connectivity index (χ2v) is 4.89. The summed E-state index contributed by atoms with van der Waals surface area (Å²) < 4.78 is 5.32. The van der Waals surface area contributed by atoms with E-state index in [1.807, 2.05) is 19.1 Å². The van der Waals surface area contributed by atoms with Crippen LogP contribution in [0.5, 0.6) is 5.88 Å². The minimum absolute atomic E-state index is 0.117. The maximum Gasteiger partial charge on any atom is 0.315 e. The molecule has 0 bridgehead atoms. The smallest absolute Gasteiger partial charge is 0.315 e. The summed E-state index contributed by atoms with van der Waals surface area (Å²) >= 11 is 0. The molecule has 5 nitrogen and oxygen atoms in total. The third-order valence-electron chi connectivity index (χ3n) is 3.23. The zero-order valence-corrected chi connectivity index (χ0v) is 11.5. The average Bonchev–Trinajstić information content (AvgIpc) is 3.21. The van der Waals surface area contributed by atoms with Crippen LogP contribution in [0.3, 0.4) is 0 Å². The number of pyridine rings is 1. The number of rotatable bonds is 6. The van der Waals surface area contributed by atoms with Crippen LogP contribution in [0.1, 0.15) is 32.3 Å². The Balaban J connectivity index is 1.77. The molecule has 1 unspecified atom stereocenters. The molecule has 1 aromatic heterocycles. The van der Waals surface area contributed by atoms with Gasteiger partial charge in [0.15, 0.2) is 0 Å². The molecule has 1 aliphatic rings. The van der Waals surface area contributed by atoms with Crippen LogP contribution in [0, 0.1) is 5.92 Å². The third kappa shape index (κ3) is 4.43. The largest absolute Gasteiger partial charge is 0.478 e. The van der Waals surface area contributed by atoms with Crippen molar-refractivity contribution < 1.29 is 9.53 Å². The van der Waals surface area contributed by atoms with E-state index in [-0.39, 0.29) is 12.1 Å². The summed E-state index contributed by atoms with van der Waals surface area (Å²) in [5, 5.41) is 5.80. The Kier molecular flexibility index (Phi) is 4.60. The van der Waals surface area contributed by atoms with Crippen molar-refractivity contribution in [3.63, 3.8) is 0 Å². The lowest BCUT2D eigenvalue weighted by Crippen LogP contribution is -2.41. The molecule has 1 saturated carbocycles. The molecule has 1 aliphatic carbocycles. The van der Waals surface area contributed by atoms with Gasteiger partial charge in [0.25, 0.3) is 0 Å². The van der Waals surface area contributed by atoms with Crippen LogP contribution in [-0.2, 0) is 6.54 Å². The third-order valence-corrected chi connectivity index (χ3v) is 3.23. The van der Waals surface area contributed by atoms with E-state index < -0.39 is 0 Å². The Morgan fingerprint density at radius 2 is 2.37 bits per heavy atom. The lowest BCUT2D eigenvalue weighted by Gasteiger charge is -2.13. The van der Waals surface area contributed by atoms with Gasteiger partial charge in [-0.3, -0.25) is 0 Å². The zero-order chi connectivity index (χ0) is 13.7. The first-order valence-electron chi connectivity index (χ1n) is 6.81. The second kappa shape index (κ2) is 6.41. The summed E-state index contributed by atoms with van der Waals surface area (Å²) in [7, 11) is 0. The number of nitrogens with zero attached hydrogens (tertiary/aromatic N) is 1. The molecule has 0 radical (unpaired) electrons. The van der Waals surface area contributed by atoms with E-state index in [2.05, 4.69) is 22.5 Å². The van der Waals surface area contributed by atoms with Gasteiger partial charge in [-0.05, 0) is 44.2 Å². The predicted molar refractivity (Wildman–Crippen MR) is 73.0 cm³/mol. The van der Waals surface area contributed by atoms with E-state index in [1.54, 1.807) is 6.20 Å².